The minimum atomic E-state index is -3.40. The van der Waals surface area contributed by atoms with Crippen molar-refractivity contribution < 1.29 is 22.7 Å². The van der Waals surface area contributed by atoms with Crippen LogP contribution in [0.25, 0.3) is 0 Å². The van der Waals surface area contributed by atoms with Crippen LogP contribution in [0.4, 0.5) is 0 Å². The van der Waals surface area contributed by atoms with Gasteiger partial charge >= 0.3 is 5.97 Å². The predicted octanol–water partition coefficient (Wildman–Crippen LogP) is 2.95. The van der Waals surface area contributed by atoms with E-state index < -0.39 is 27.2 Å². The van der Waals surface area contributed by atoms with E-state index in [1.807, 2.05) is 24.3 Å². The number of carbonyl (C=O) groups excluding carboxylic acids is 1. The Hall–Kier alpha value is -2.34. The van der Waals surface area contributed by atoms with Crippen molar-refractivity contribution in [1.29, 1.82) is 0 Å². The summed E-state index contributed by atoms with van der Waals surface area (Å²) in [5.41, 5.74) is 2.11. The molecule has 1 heterocycles. The number of carbonyl (C=O) groups is 1. The van der Waals surface area contributed by atoms with Gasteiger partial charge in [0.15, 0.2) is 9.84 Å². The van der Waals surface area contributed by atoms with Gasteiger partial charge in [-0.25, -0.2) is 13.2 Å². The zero-order valence-corrected chi connectivity index (χ0v) is 15.0. The SMILES string of the molecule is COc1ccc(CCC(C2OC(=O)c3ccccc32)S(C)(=O)=O)cc1. The molecule has 0 aliphatic carbocycles. The number of rotatable bonds is 6. The fourth-order valence-corrected chi connectivity index (χ4v) is 4.34. The number of methoxy groups -OCH3 is 1. The van der Waals surface area contributed by atoms with Gasteiger partial charge in [0.2, 0.25) is 0 Å². The average Bonchev–Trinajstić information content (AvgIpc) is 2.92. The Morgan fingerprint density at radius 1 is 1.12 bits per heavy atom. The van der Waals surface area contributed by atoms with Crippen molar-refractivity contribution >= 4 is 15.8 Å². The van der Waals surface area contributed by atoms with E-state index in [9.17, 15) is 13.2 Å². The second kappa shape index (κ2) is 6.88. The number of esters is 1. The number of hydrogen-bond donors (Lipinski definition) is 0. The number of fused-ring (bicyclic) bond motifs is 1. The lowest BCUT2D eigenvalue weighted by Gasteiger charge is -2.21. The van der Waals surface area contributed by atoms with Gasteiger partial charge in [-0.05, 0) is 36.6 Å². The van der Waals surface area contributed by atoms with Crippen molar-refractivity contribution in [3.63, 3.8) is 0 Å². The van der Waals surface area contributed by atoms with Crippen LogP contribution in [-0.4, -0.2) is 33.0 Å². The maximum atomic E-state index is 12.3. The first-order chi connectivity index (χ1) is 11.9. The number of sulfone groups is 1. The Bertz CT molecular complexity index is 871. The molecule has 25 heavy (non-hydrogen) atoms. The molecule has 1 aliphatic rings. The summed E-state index contributed by atoms with van der Waals surface area (Å²) in [5.74, 6) is 0.292. The molecule has 1 aliphatic heterocycles. The van der Waals surface area contributed by atoms with Crippen LogP contribution in [-0.2, 0) is 21.0 Å². The van der Waals surface area contributed by atoms with Crippen LogP contribution < -0.4 is 4.74 Å². The van der Waals surface area contributed by atoms with Crippen LogP contribution in [0.5, 0.6) is 5.75 Å². The molecule has 2 aromatic rings. The van der Waals surface area contributed by atoms with Crippen LogP contribution in [0.1, 0.15) is 34.0 Å². The van der Waals surface area contributed by atoms with E-state index in [1.54, 1.807) is 31.4 Å². The highest BCUT2D eigenvalue weighted by atomic mass is 32.2. The van der Waals surface area contributed by atoms with Crippen LogP contribution in [0.2, 0.25) is 0 Å². The van der Waals surface area contributed by atoms with E-state index >= 15 is 0 Å². The van der Waals surface area contributed by atoms with Crippen LogP contribution in [0.3, 0.4) is 0 Å². The van der Waals surface area contributed by atoms with Crippen molar-refractivity contribution in [2.24, 2.45) is 0 Å². The van der Waals surface area contributed by atoms with Crippen LogP contribution in [0, 0.1) is 0 Å². The summed E-state index contributed by atoms with van der Waals surface area (Å²) in [6.07, 6.45) is 1.38. The molecular weight excluding hydrogens is 340 g/mol. The Morgan fingerprint density at radius 3 is 2.44 bits per heavy atom. The molecule has 0 amide bonds. The maximum absolute atomic E-state index is 12.3. The van der Waals surface area contributed by atoms with Gasteiger partial charge in [0.25, 0.3) is 0 Å². The second-order valence-corrected chi connectivity index (χ2v) is 8.43. The molecule has 0 bridgehead atoms. The molecule has 0 aromatic heterocycles. The summed E-state index contributed by atoms with van der Waals surface area (Å²) in [5, 5.41) is -0.776. The fourth-order valence-electron chi connectivity index (χ4n) is 3.14. The Balaban J connectivity index is 1.83. The van der Waals surface area contributed by atoms with Crippen molar-refractivity contribution in [2.75, 3.05) is 13.4 Å². The molecule has 0 radical (unpaired) electrons. The van der Waals surface area contributed by atoms with Crippen molar-refractivity contribution in [3.05, 3.63) is 65.2 Å². The first kappa shape index (κ1) is 17.5. The van der Waals surface area contributed by atoms with E-state index in [1.165, 1.54) is 6.26 Å². The summed E-state index contributed by atoms with van der Waals surface area (Å²) in [4.78, 5) is 12.0. The molecule has 2 unspecified atom stereocenters. The number of cyclic esters (lactones) is 1. The molecule has 132 valence electrons. The Labute approximate surface area is 147 Å². The standard InChI is InChI=1S/C19H20O5S/c1-23-14-10-7-13(8-11-14)9-12-17(25(2,21)22)18-15-5-3-4-6-16(15)19(20)24-18/h3-8,10-11,17-18H,9,12H2,1-2H3. The summed E-state index contributed by atoms with van der Waals surface area (Å²) >= 11 is 0. The molecule has 0 saturated heterocycles. The van der Waals surface area contributed by atoms with E-state index in [-0.39, 0.29) is 0 Å². The number of ether oxygens (including phenoxy) is 2. The molecule has 0 spiro atoms. The van der Waals surface area contributed by atoms with E-state index in [4.69, 9.17) is 9.47 Å². The second-order valence-electron chi connectivity index (χ2n) is 6.17. The summed E-state index contributed by atoms with van der Waals surface area (Å²) in [6.45, 7) is 0. The lowest BCUT2D eigenvalue weighted by Crippen LogP contribution is -2.28. The molecule has 2 aromatic carbocycles. The van der Waals surface area contributed by atoms with E-state index in [0.29, 0.717) is 24.0 Å². The number of aryl methyl sites for hydroxylation is 1. The zero-order valence-electron chi connectivity index (χ0n) is 14.1. The van der Waals surface area contributed by atoms with Crippen LogP contribution >= 0.6 is 0 Å². The quantitative estimate of drug-likeness (QED) is 0.741. The van der Waals surface area contributed by atoms with Gasteiger partial charge < -0.3 is 9.47 Å². The first-order valence-electron chi connectivity index (χ1n) is 8.02. The van der Waals surface area contributed by atoms with E-state index in [0.717, 1.165) is 11.3 Å². The highest BCUT2D eigenvalue weighted by Crippen LogP contribution is 2.37. The summed E-state index contributed by atoms with van der Waals surface area (Å²) < 4.78 is 35.2. The van der Waals surface area contributed by atoms with Gasteiger partial charge in [0, 0.05) is 11.8 Å². The molecule has 5 nitrogen and oxygen atoms in total. The van der Waals surface area contributed by atoms with Gasteiger partial charge in [-0.1, -0.05) is 30.3 Å². The molecule has 0 saturated carbocycles. The third-order valence-corrected chi connectivity index (χ3v) is 6.07. The molecular formula is C19H20O5S. The Kier molecular flexibility index (Phi) is 4.81. The maximum Gasteiger partial charge on any atom is 0.339 e. The molecule has 6 heteroatoms. The number of benzene rings is 2. The molecule has 3 rings (SSSR count). The first-order valence-corrected chi connectivity index (χ1v) is 9.97. The van der Waals surface area contributed by atoms with Crippen molar-refractivity contribution in [1.82, 2.24) is 0 Å². The lowest BCUT2D eigenvalue weighted by atomic mass is 9.99. The highest BCUT2D eigenvalue weighted by Gasteiger charge is 2.40. The summed E-state index contributed by atoms with van der Waals surface area (Å²) in [7, 11) is -1.80. The van der Waals surface area contributed by atoms with Gasteiger partial charge in [-0.3, -0.25) is 0 Å². The van der Waals surface area contributed by atoms with Crippen molar-refractivity contribution in [2.45, 2.75) is 24.2 Å². The molecule has 0 N–H and O–H groups in total. The minimum Gasteiger partial charge on any atom is -0.497 e. The van der Waals surface area contributed by atoms with Crippen LogP contribution in [0.15, 0.2) is 48.5 Å². The van der Waals surface area contributed by atoms with Gasteiger partial charge in [0.1, 0.15) is 17.1 Å². The smallest absolute Gasteiger partial charge is 0.339 e. The number of hydrogen-bond acceptors (Lipinski definition) is 5. The molecule has 0 fully saturated rings. The van der Waals surface area contributed by atoms with Crippen molar-refractivity contribution in [3.8, 4) is 5.75 Å². The fraction of sp³-hybridized carbons (Fsp3) is 0.316. The average molecular weight is 360 g/mol. The topological polar surface area (TPSA) is 69.7 Å². The van der Waals surface area contributed by atoms with Gasteiger partial charge in [0.05, 0.1) is 12.7 Å². The van der Waals surface area contributed by atoms with Gasteiger partial charge in [-0.2, -0.15) is 0 Å². The third kappa shape index (κ3) is 3.69. The highest BCUT2D eigenvalue weighted by molar-refractivity contribution is 7.91. The summed E-state index contributed by atoms with van der Waals surface area (Å²) in [6, 6.07) is 14.5. The minimum absolute atomic E-state index is 0.372. The zero-order chi connectivity index (χ0) is 18.0. The predicted molar refractivity (Wildman–Crippen MR) is 94.5 cm³/mol. The lowest BCUT2D eigenvalue weighted by molar-refractivity contribution is 0.0373. The molecule has 2 atom stereocenters. The van der Waals surface area contributed by atoms with Gasteiger partial charge in [-0.15, -0.1) is 0 Å². The monoisotopic (exact) mass is 360 g/mol. The third-order valence-electron chi connectivity index (χ3n) is 4.49. The largest absolute Gasteiger partial charge is 0.497 e. The Morgan fingerprint density at radius 2 is 1.80 bits per heavy atom. The normalized spacial score (nSPS) is 17.7. The van der Waals surface area contributed by atoms with E-state index in [2.05, 4.69) is 0 Å².